The number of hydrogen-bond donors (Lipinski definition) is 1. The molecule has 1 unspecified atom stereocenters. The van der Waals surface area contributed by atoms with E-state index in [0.29, 0.717) is 0 Å². The van der Waals surface area contributed by atoms with Crippen LogP contribution in [0.5, 0.6) is 0 Å². The minimum absolute atomic E-state index is 0.154. The maximum Gasteiger partial charge on any atom is 0.251 e. The maximum atomic E-state index is 11.9. The first-order valence-electron chi connectivity index (χ1n) is 4.87. The highest BCUT2D eigenvalue weighted by atomic mass is 35.5. The topological polar surface area (TPSA) is 59.1 Å². The first-order valence-corrected chi connectivity index (χ1v) is 7.71. The number of halogens is 1. The summed E-state index contributed by atoms with van der Waals surface area (Å²) in [6.07, 6.45) is 1.37. The van der Waals surface area contributed by atoms with E-state index in [1.807, 2.05) is 13.8 Å². The van der Waals surface area contributed by atoms with Gasteiger partial charge in [-0.1, -0.05) is 13.8 Å². The fourth-order valence-corrected chi connectivity index (χ4v) is 4.10. The number of aryl methyl sites for hydroxylation is 1. The Morgan fingerprint density at radius 1 is 1.56 bits per heavy atom. The molecule has 1 aromatic heterocycles. The van der Waals surface area contributed by atoms with Gasteiger partial charge in [-0.05, 0) is 12.8 Å². The molecular formula is C9H15ClN2O2S2. The molecule has 1 heterocycles. The molecule has 0 radical (unpaired) electrons. The van der Waals surface area contributed by atoms with Crippen molar-refractivity contribution in [2.24, 2.45) is 5.92 Å². The third-order valence-corrected chi connectivity index (χ3v) is 5.34. The lowest BCUT2D eigenvalue weighted by Crippen LogP contribution is -2.39. The van der Waals surface area contributed by atoms with Crippen molar-refractivity contribution < 1.29 is 8.42 Å². The quantitative estimate of drug-likeness (QED) is 0.840. The van der Waals surface area contributed by atoms with E-state index in [1.54, 1.807) is 6.92 Å². The van der Waals surface area contributed by atoms with Crippen LogP contribution in [0.4, 0.5) is 0 Å². The van der Waals surface area contributed by atoms with E-state index in [0.717, 1.165) is 16.3 Å². The van der Waals surface area contributed by atoms with Gasteiger partial charge in [0, 0.05) is 11.9 Å². The number of rotatable bonds is 5. The number of alkyl halides is 1. The average molecular weight is 283 g/mol. The summed E-state index contributed by atoms with van der Waals surface area (Å²) in [6, 6.07) is -0.255. The van der Waals surface area contributed by atoms with E-state index in [9.17, 15) is 8.42 Å². The van der Waals surface area contributed by atoms with Crippen molar-refractivity contribution in [3.63, 3.8) is 0 Å². The summed E-state index contributed by atoms with van der Waals surface area (Å²) in [5.41, 5.74) is 0. The van der Waals surface area contributed by atoms with Crippen molar-refractivity contribution in [2.45, 2.75) is 31.0 Å². The van der Waals surface area contributed by atoms with Crippen molar-refractivity contribution in [2.75, 3.05) is 5.88 Å². The number of thiazole rings is 1. The third-order valence-electron chi connectivity index (χ3n) is 2.14. The van der Waals surface area contributed by atoms with Crippen molar-refractivity contribution in [3.8, 4) is 0 Å². The Labute approximate surface area is 105 Å². The van der Waals surface area contributed by atoms with Crippen LogP contribution in [0.1, 0.15) is 18.9 Å². The summed E-state index contributed by atoms with van der Waals surface area (Å²) in [5, 5.41) is 0.729. The first kappa shape index (κ1) is 13.9. The van der Waals surface area contributed by atoms with Crippen LogP contribution in [-0.2, 0) is 10.0 Å². The number of sulfonamides is 1. The van der Waals surface area contributed by atoms with E-state index in [4.69, 9.17) is 11.6 Å². The number of nitrogens with zero attached hydrogens (tertiary/aromatic N) is 1. The smallest absolute Gasteiger partial charge is 0.249 e. The molecule has 4 nitrogen and oxygen atoms in total. The first-order chi connectivity index (χ1) is 7.36. The molecule has 1 aromatic rings. The van der Waals surface area contributed by atoms with Gasteiger partial charge < -0.3 is 0 Å². The zero-order valence-corrected chi connectivity index (χ0v) is 11.8. The van der Waals surface area contributed by atoms with Crippen LogP contribution < -0.4 is 4.72 Å². The van der Waals surface area contributed by atoms with Crippen LogP contribution in [0.3, 0.4) is 0 Å². The monoisotopic (exact) mass is 282 g/mol. The fourth-order valence-electron chi connectivity index (χ4n) is 1.07. The average Bonchev–Trinajstić information content (AvgIpc) is 2.61. The highest BCUT2D eigenvalue weighted by molar-refractivity contribution is 7.91. The molecule has 0 bridgehead atoms. The Morgan fingerprint density at radius 3 is 2.56 bits per heavy atom. The van der Waals surface area contributed by atoms with Gasteiger partial charge in [-0.15, -0.1) is 22.9 Å². The largest absolute Gasteiger partial charge is 0.251 e. The lowest BCUT2D eigenvalue weighted by atomic mass is 10.1. The predicted octanol–water partition coefficient (Wildman–Crippen LogP) is 1.99. The van der Waals surface area contributed by atoms with Gasteiger partial charge >= 0.3 is 0 Å². The van der Waals surface area contributed by atoms with Gasteiger partial charge in [0.25, 0.3) is 10.0 Å². The lowest BCUT2D eigenvalue weighted by Gasteiger charge is -2.18. The van der Waals surface area contributed by atoms with Crippen LogP contribution >= 0.6 is 22.9 Å². The molecule has 0 aliphatic heterocycles. The number of aromatic nitrogens is 1. The van der Waals surface area contributed by atoms with Gasteiger partial charge in [0.1, 0.15) is 0 Å². The Morgan fingerprint density at radius 2 is 2.19 bits per heavy atom. The molecule has 92 valence electrons. The Hall–Kier alpha value is -0.170. The highest BCUT2D eigenvalue weighted by Gasteiger charge is 2.23. The normalized spacial score (nSPS) is 14.3. The SMILES string of the molecule is Cc1ncc(S(=O)(=O)NC(CCl)C(C)C)s1. The molecule has 0 amide bonds. The van der Waals surface area contributed by atoms with Crippen LogP contribution in [0.25, 0.3) is 0 Å². The van der Waals surface area contributed by atoms with Crippen molar-refractivity contribution >= 4 is 33.0 Å². The van der Waals surface area contributed by atoms with Crippen molar-refractivity contribution in [3.05, 3.63) is 11.2 Å². The van der Waals surface area contributed by atoms with E-state index in [1.165, 1.54) is 6.20 Å². The molecule has 0 spiro atoms. The molecule has 16 heavy (non-hydrogen) atoms. The zero-order valence-electron chi connectivity index (χ0n) is 9.40. The summed E-state index contributed by atoms with van der Waals surface area (Å²) in [5.74, 6) is 0.413. The molecule has 0 aromatic carbocycles. The highest BCUT2D eigenvalue weighted by Crippen LogP contribution is 2.19. The van der Waals surface area contributed by atoms with Crippen LogP contribution in [0.2, 0.25) is 0 Å². The maximum absolute atomic E-state index is 11.9. The summed E-state index contributed by atoms with van der Waals surface area (Å²) in [6.45, 7) is 5.62. The second-order valence-corrected chi connectivity index (χ2v) is 7.31. The van der Waals surface area contributed by atoms with Gasteiger partial charge in [-0.3, -0.25) is 0 Å². The molecule has 1 N–H and O–H groups in total. The standard InChI is InChI=1S/C9H15ClN2O2S2/c1-6(2)8(4-10)12-16(13,14)9-5-11-7(3)15-9/h5-6,8,12H,4H2,1-3H3. The third kappa shape index (κ3) is 3.41. The van der Waals surface area contributed by atoms with E-state index < -0.39 is 10.0 Å². The molecule has 1 atom stereocenters. The second-order valence-electron chi connectivity index (χ2n) is 3.82. The van der Waals surface area contributed by atoms with Gasteiger partial charge in [-0.2, -0.15) is 0 Å². The van der Waals surface area contributed by atoms with Gasteiger partial charge in [0.05, 0.1) is 11.2 Å². The molecule has 0 aliphatic rings. The number of hydrogen-bond acceptors (Lipinski definition) is 4. The summed E-state index contributed by atoms with van der Waals surface area (Å²) < 4.78 is 26.7. The summed E-state index contributed by atoms with van der Waals surface area (Å²) >= 11 is 6.88. The molecule has 0 saturated carbocycles. The second kappa shape index (κ2) is 5.44. The Balaban J connectivity index is 2.87. The molecular weight excluding hydrogens is 268 g/mol. The van der Waals surface area contributed by atoms with Crippen molar-refractivity contribution in [1.29, 1.82) is 0 Å². The summed E-state index contributed by atoms with van der Waals surface area (Å²) in [4.78, 5) is 3.93. The van der Waals surface area contributed by atoms with Crippen LogP contribution in [-0.4, -0.2) is 25.3 Å². The van der Waals surface area contributed by atoms with E-state index in [2.05, 4.69) is 9.71 Å². The fraction of sp³-hybridized carbons (Fsp3) is 0.667. The molecule has 0 saturated heterocycles. The zero-order chi connectivity index (χ0) is 12.3. The minimum atomic E-state index is -3.47. The van der Waals surface area contributed by atoms with Gasteiger partial charge in [-0.25, -0.2) is 18.1 Å². The minimum Gasteiger partial charge on any atom is -0.249 e. The molecule has 0 fully saturated rings. The molecule has 0 aliphatic carbocycles. The number of nitrogens with one attached hydrogen (secondary N) is 1. The predicted molar refractivity (Wildman–Crippen MR) is 66.5 cm³/mol. The lowest BCUT2D eigenvalue weighted by molar-refractivity contribution is 0.481. The van der Waals surface area contributed by atoms with E-state index >= 15 is 0 Å². The van der Waals surface area contributed by atoms with Gasteiger partial charge in [0.2, 0.25) is 0 Å². The van der Waals surface area contributed by atoms with Crippen LogP contribution in [0.15, 0.2) is 10.4 Å². The van der Waals surface area contributed by atoms with Crippen molar-refractivity contribution in [1.82, 2.24) is 9.71 Å². The molecule has 1 rings (SSSR count). The Bertz CT molecular complexity index is 442. The van der Waals surface area contributed by atoms with E-state index in [-0.39, 0.29) is 22.0 Å². The molecule has 7 heteroatoms. The summed E-state index contributed by atoms with van der Waals surface area (Å²) in [7, 11) is -3.47. The van der Waals surface area contributed by atoms with Crippen LogP contribution in [0, 0.1) is 12.8 Å². The Kier molecular flexibility index (Phi) is 4.73. The van der Waals surface area contributed by atoms with Gasteiger partial charge in [0.15, 0.2) is 4.21 Å².